The van der Waals surface area contributed by atoms with Crippen LogP contribution in [0.4, 0.5) is 14.5 Å². The Balaban J connectivity index is 1.95. The minimum atomic E-state index is -0.835. The molecule has 1 N–H and O–H groups in total. The summed E-state index contributed by atoms with van der Waals surface area (Å²) >= 11 is 0. The van der Waals surface area contributed by atoms with Crippen molar-refractivity contribution in [3.8, 4) is 0 Å². The molecule has 2 amide bonds. The second kappa shape index (κ2) is 5.77. The van der Waals surface area contributed by atoms with E-state index in [1.807, 2.05) is 0 Å². The summed E-state index contributed by atoms with van der Waals surface area (Å²) in [6, 6.07) is 2.91. The van der Waals surface area contributed by atoms with Gasteiger partial charge in [0.2, 0.25) is 11.8 Å². The van der Waals surface area contributed by atoms with Gasteiger partial charge in [0.25, 0.3) is 0 Å². The molecule has 1 aliphatic heterocycles. The monoisotopic (exact) mass is 268 g/mol. The predicted molar refractivity (Wildman–Crippen MR) is 65.4 cm³/mol. The molecule has 0 aromatic heterocycles. The molecule has 1 heterocycles. The van der Waals surface area contributed by atoms with Gasteiger partial charge in [-0.25, -0.2) is 8.78 Å². The normalized spacial score (nSPS) is 15.5. The zero-order chi connectivity index (χ0) is 13.8. The summed E-state index contributed by atoms with van der Waals surface area (Å²) in [6.07, 6.45) is 2.14. The highest BCUT2D eigenvalue weighted by molar-refractivity contribution is 5.94. The molecule has 1 aliphatic rings. The maximum atomic E-state index is 13.3. The van der Waals surface area contributed by atoms with E-state index in [9.17, 15) is 18.4 Å². The summed E-state index contributed by atoms with van der Waals surface area (Å²) in [7, 11) is 0. The van der Waals surface area contributed by atoms with E-state index in [1.54, 1.807) is 0 Å². The molecule has 4 nitrogen and oxygen atoms in total. The quantitative estimate of drug-likeness (QED) is 0.910. The Morgan fingerprint density at radius 3 is 2.79 bits per heavy atom. The van der Waals surface area contributed by atoms with Crippen molar-refractivity contribution in [3.63, 3.8) is 0 Å². The van der Waals surface area contributed by atoms with Crippen LogP contribution in [0.15, 0.2) is 18.2 Å². The van der Waals surface area contributed by atoms with Gasteiger partial charge in [-0.05, 0) is 25.0 Å². The van der Waals surface area contributed by atoms with E-state index >= 15 is 0 Å². The molecule has 1 saturated heterocycles. The van der Waals surface area contributed by atoms with Crippen LogP contribution in [0.25, 0.3) is 0 Å². The Bertz CT molecular complexity index is 505. The van der Waals surface area contributed by atoms with Gasteiger partial charge in [-0.2, -0.15) is 0 Å². The van der Waals surface area contributed by atoms with E-state index < -0.39 is 17.5 Å². The number of halogens is 2. The van der Waals surface area contributed by atoms with Gasteiger partial charge in [-0.15, -0.1) is 0 Å². The van der Waals surface area contributed by atoms with E-state index in [-0.39, 0.29) is 18.1 Å². The average Bonchev–Trinajstić information content (AvgIpc) is 2.36. The van der Waals surface area contributed by atoms with Gasteiger partial charge in [0, 0.05) is 19.0 Å². The van der Waals surface area contributed by atoms with Crippen LogP contribution in [-0.2, 0) is 9.59 Å². The molecule has 19 heavy (non-hydrogen) atoms. The minimum Gasteiger partial charge on any atom is -0.333 e. The van der Waals surface area contributed by atoms with Crippen molar-refractivity contribution in [1.82, 2.24) is 4.90 Å². The van der Waals surface area contributed by atoms with Gasteiger partial charge in [-0.1, -0.05) is 0 Å². The van der Waals surface area contributed by atoms with Gasteiger partial charge in [0.1, 0.15) is 11.6 Å². The van der Waals surface area contributed by atoms with Crippen molar-refractivity contribution in [2.45, 2.75) is 19.3 Å². The van der Waals surface area contributed by atoms with Crippen LogP contribution in [0.5, 0.6) is 0 Å². The number of rotatable bonds is 3. The third-order valence-corrected chi connectivity index (χ3v) is 2.96. The zero-order valence-corrected chi connectivity index (χ0v) is 10.3. The van der Waals surface area contributed by atoms with Crippen LogP contribution >= 0.6 is 0 Å². The first-order chi connectivity index (χ1) is 9.06. The van der Waals surface area contributed by atoms with Crippen LogP contribution in [0.3, 0.4) is 0 Å². The van der Waals surface area contributed by atoms with Gasteiger partial charge in [-0.3, -0.25) is 9.59 Å². The molecule has 102 valence electrons. The molecule has 0 bridgehead atoms. The summed E-state index contributed by atoms with van der Waals surface area (Å²) < 4.78 is 26.0. The van der Waals surface area contributed by atoms with Gasteiger partial charge in [0.15, 0.2) is 0 Å². The maximum Gasteiger partial charge on any atom is 0.244 e. The van der Waals surface area contributed by atoms with Crippen LogP contribution < -0.4 is 5.32 Å². The third-order valence-electron chi connectivity index (χ3n) is 2.96. The Hall–Kier alpha value is -1.98. The van der Waals surface area contributed by atoms with E-state index in [0.717, 1.165) is 25.0 Å². The predicted octanol–water partition coefficient (Wildman–Crippen LogP) is 1.92. The molecular formula is C13H14F2N2O2. The van der Waals surface area contributed by atoms with Crippen LogP contribution in [0, 0.1) is 11.6 Å². The molecule has 0 spiro atoms. The number of anilines is 1. The molecule has 1 fully saturated rings. The van der Waals surface area contributed by atoms with Crippen molar-refractivity contribution in [2.24, 2.45) is 0 Å². The fourth-order valence-corrected chi connectivity index (χ4v) is 1.98. The summed E-state index contributed by atoms with van der Waals surface area (Å²) in [6.45, 7) is 0.438. The molecule has 1 aromatic carbocycles. The molecule has 0 saturated carbocycles. The smallest absolute Gasteiger partial charge is 0.244 e. The number of hydrogen-bond donors (Lipinski definition) is 1. The SMILES string of the molecule is O=C(CN1CCCCC1=O)Nc1ccc(F)cc1F. The highest BCUT2D eigenvalue weighted by Crippen LogP contribution is 2.15. The Morgan fingerprint density at radius 2 is 2.11 bits per heavy atom. The third kappa shape index (κ3) is 3.49. The summed E-state index contributed by atoms with van der Waals surface area (Å²) in [5.74, 6) is -2.10. The number of carbonyl (C=O) groups is 2. The number of benzene rings is 1. The zero-order valence-electron chi connectivity index (χ0n) is 10.3. The van der Waals surface area contributed by atoms with E-state index in [4.69, 9.17) is 0 Å². The van der Waals surface area contributed by atoms with Crippen molar-refractivity contribution < 1.29 is 18.4 Å². The first-order valence-corrected chi connectivity index (χ1v) is 6.09. The number of likely N-dealkylation sites (tertiary alicyclic amines) is 1. The highest BCUT2D eigenvalue weighted by atomic mass is 19.1. The molecule has 6 heteroatoms. The first-order valence-electron chi connectivity index (χ1n) is 6.09. The number of carbonyl (C=O) groups excluding carboxylic acids is 2. The lowest BCUT2D eigenvalue weighted by atomic mass is 10.1. The number of nitrogens with zero attached hydrogens (tertiary/aromatic N) is 1. The lowest BCUT2D eigenvalue weighted by Crippen LogP contribution is -2.40. The summed E-state index contributed by atoms with van der Waals surface area (Å²) in [5, 5.41) is 2.33. The fourth-order valence-electron chi connectivity index (χ4n) is 1.98. The molecule has 0 atom stereocenters. The standard InChI is InChI=1S/C13H14F2N2O2/c14-9-4-5-11(10(15)7-9)16-12(18)8-17-6-2-1-3-13(17)19/h4-5,7H,1-3,6,8H2,(H,16,18). The van der Waals surface area contributed by atoms with Crippen LogP contribution in [-0.4, -0.2) is 29.8 Å². The van der Waals surface area contributed by atoms with Crippen molar-refractivity contribution in [2.75, 3.05) is 18.4 Å². The van der Waals surface area contributed by atoms with Gasteiger partial charge < -0.3 is 10.2 Å². The van der Waals surface area contributed by atoms with E-state index in [0.29, 0.717) is 19.0 Å². The lowest BCUT2D eigenvalue weighted by Gasteiger charge is -2.25. The van der Waals surface area contributed by atoms with E-state index in [1.165, 1.54) is 4.90 Å². The average molecular weight is 268 g/mol. The molecule has 0 unspecified atom stereocenters. The van der Waals surface area contributed by atoms with Crippen molar-refractivity contribution in [1.29, 1.82) is 0 Å². The van der Waals surface area contributed by atoms with Gasteiger partial charge in [0.05, 0.1) is 12.2 Å². The lowest BCUT2D eigenvalue weighted by molar-refractivity contribution is -0.136. The maximum absolute atomic E-state index is 13.3. The molecular weight excluding hydrogens is 254 g/mol. The number of amides is 2. The fraction of sp³-hybridized carbons (Fsp3) is 0.385. The van der Waals surface area contributed by atoms with E-state index in [2.05, 4.69) is 5.32 Å². The Morgan fingerprint density at radius 1 is 1.32 bits per heavy atom. The molecule has 0 radical (unpaired) electrons. The Labute approximate surface area is 109 Å². The second-order valence-electron chi connectivity index (χ2n) is 4.44. The molecule has 2 rings (SSSR count). The Kier molecular flexibility index (Phi) is 4.09. The van der Waals surface area contributed by atoms with Crippen molar-refractivity contribution in [3.05, 3.63) is 29.8 Å². The van der Waals surface area contributed by atoms with Crippen LogP contribution in [0.2, 0.25) is 0 Å². The minimum absolute atomic E-state index is 0.0685. The second-order valence-corrected chi connectivity index (χ2v) is 4.44. The number of nitrogens with one attached hydrogen (secondary N) is 1. The summed E-state index contributed by atoms with van der Waals surface area (Å²) in [4.78, 5) is 24.7. The van der Waals surface area contributed by atoms with Gasteiger partial charge >= 0.3 is 0 Å². The largest absolute Gasteiger partial charge is 0.333 e. The topological polar surface area (TPSA) is 49.4 Å². The van der Waals surface area contributed by atoms with Crippen molar-refractivity contribution >= 4 is 17.5 Å². The molecule has 0 aliphatic carbocycles. The first kappa shape index (κ1) is 13.5. The highest BCUT2D eigenvalue weighted by Gasteiger charge is 2.20. The molecule has 1 aromatic rings. The number of piperidine rings is 1. The van der Waals surface area contributed by atoms with Crippen LogP contribution in [0.1, 0.15) is 19.3 Å². The summed E-state index contributed by atoms with van der Waals surface area (Å²) in [5.41, 5.74) is -0.0872. The number of hydrogen-bond acceptors (Lipinski definition) is 2.